The Labute approximate surface area is 142 Å². The second-order valence-corrected chi connectivity index (χ2v) is 5.40. The molecule has 6 nitrogen and oxygen atoms in total. The van der Waals surface area contributed by atoms with E-state index in [2.05, 4.69) is 0 Å². The zero-order valence-electron chi connectivity index (χ0n) is 13.8. The molecule has 0 spiro atoms. The molecular weight excluding hydrogens is 310 g/mol. The fraction of sp³-hybridized carbons (Fsp3) is 0.389. The van der Waals surface area contributed by atoms with Gasteiger partial charge in [-0.25, -0.2) is 5.48 Å². The molecule has 24 heavy (non-hydrogen) atoms. The van der Waals surface area contributed by atoms with Gasteiger partial charge in [-0.05, 0) is 36.5 Å². The third-order valence-electron chi connectivity index (χ3n) is 3.51. The molecule has 1 amide bonds. The number of hydrogen-bond donors (Lipinski definition) is 4. The van der Waals surface area contributed by atoms with Crippen LogP contribution in [0.3, 0.4) is 0 Å². The largest absolute Gasteiger partial charge is 0.491 e. The second kappa shape index (κ2) is 11.4. The summed E-state index contributed by atoms with van der Waals surface area (Å²) in [6.07, 6.45) is 7.37. The second-order valence-electron chi connectivity index (χ2n) is 5.40. The summed E-state index contributed by atoms with van der Waals surface area (Å²) in [5, 5.41) is 27.4. The zero-order chi connectivity index (χ0) is 17.8. The first-order chi connectivity index (χ1) is 11.6. The highest BCUT2D eigenvalue weighted by molar-refractivity contribution is 5.86. The van der Waals surface area contributed by atoms with Crippen LogP contribution in [-0.4, -0.2) is 34.5 Å². The summed E-state index contributed by atoms with van der Waals surface area (Å²) in [6.45, 7) is 2.19. The van der Waals surface area contributed by atoms with Crippen LogP contribution in [0.25, 0.3) is 0 Å². The van der Waals surface area contributed by atoms with E-state index in [0.717, 1.165) is 18.4 Å². The molecule has 0 aliphatic rings. The molecular formula is C18H25NO5. The van der Waals surface area contributed by atoms with Crippen LogP contribution in [0.1, 0.15) is 31.4 Å². The van der Waals surface area contributed by atoms with Crippen LogP contribution < -0.4 is 10.2 Å². The Morgan fingerprint density at radius 3 is 2.62 bits per heavy atom. The number of aliphatic hydroxyl groups excluding tert-OH is 2. The number of rotatable bonds is 10. The number of amides is 1. The Balaban J connectivity index is 2.41. The molecule has 0 unspecified atom stereocenters. The Hall–Kier alpha value is -2.15. The van der Waals surface area contributed by atoms with E-state index in [9.17, 15) is 9.90 Å². The maximum absolute atomic E-state index is 10.7. The number of benzene rings is 1. The van der Waals surface area contributed by atoms with Crippen molar-refractivity contribution in [3.63, 3.8) is 0 Å². The molecule has 2 atom stereocenters. The van der Waals surface area contributed by atoms with E-state index in [1.807, 2.05) is 25.1 Å². The number of allylic oxidation sites excluding steroid dienone is 3. The molecule has 1 aromatic carbocycles. The van der Waals surface area contributed by atoms with Crippen molar-refractivity contribution in [1.29, 1.82) is 0 Å². The van der Waals surface area contributed by atoms with Gasteiger partial charge >= 0.3 is 0 Å². The lowest BCUT2D eigenvalue weighted by Crippen LogP contribution is -2.14. The summed E-state index contributed by atoms with van der Waals surface area (Å²) < 4.78 is 5.29. The molecule has 4 N–H and O–H groups in total. The molecule has 0 fully saturated rings. The number of carbonyl (C=O) groups is 1. The van der Waals surface area contributed by atoms with Crippen LogP contribution in [0, 0.1) is 5.92 Å². The van der Waals surface area contributed by atoms with Gasteiger partial charge in [-0.1, -0.05) is 37.3 Å². The van der Waals surface area contributed by atoms with E-state index >= 15 is 0 Å². The Morgan fingerprint density at radius 1 is 1.29 bits per heavy atom. The lowest BCUT2D eigenvalue weighted by Gasteiger charge is -2.19. The first kappa shape index (κ1) is 19.9. The van der Waals surface area contributed by atoms with Gasteiger partial charge in [0.1, 0.15) is 12.4 Å². The van der Waals surface area contributed by atoms with Crippen molar-refractivity contribution in [2.45, 2.75) is 25.9 Å². The highest BCUT2D eigenvalue weighted by atomic mass is 16.5. The van der Waals surface area contributed by atoms with Crippen molar-refractivity contribution < 1.29 is 25.0 Å². The summed E-state index contributed by atoms with van der Waals surface area (Å²) in [7, 11) is 0. The third-order valence-corrected chi connectivity index (χ3v) is 3.51. The zero-order valence-corrected chi connectivity index (χ0v) is 13.8. The molecule has 0 aromatic heterocycles. The van der Waals surface area contributed by atoms with Crippen molar-refractivity contribution in [2.24, 2.45) is 5.92 Å². The van der Waals surface area contributed by atoms with Gasteiger partial charge in [-0.2, -0.15) is 0 Å². The van der Waals surface area contributed by atoms with Crippen molar-refractivity contribution in [3.05, 3.63) is 54.1 Å². The van der Waals surface area contributed by atoms with Crippen LogP contribution in [-0.2, 0) is 4.79 Å². The maximum Gasteiger partial charge on any atom is 0.267 e. The lowest BCUT2D eigenvalue weighted by molar-refractivity contribution is -0.124. The predicted molar refractivity (Wildman–Crippen MR) is 90.6 cm³/mol. The molecule has 0 radical (unpaired) electrons. The van der Waals surface area contributed by atoms with Gasteiger partial charge in [0, 0.05) is 6.08 Å². The molecule has 0 aliphatic carbocycles. The molecule has 1 rings (SSSR count). The standard InChI is InChI=1S/C18H25NO5/c1-14(6-4-2-3-5-7-17(21)19-23)18(22)15-8-10-16(11-9-15)24-13-12-20/h2-3,5,7-11,14,18,20,22-23H,4,6,12-13H2,1H3,(H,19,21)/b3-2+,7-5+/t14-,18+/m0/s1. The number of aliphatic hydroxyl groups is 2. The van der Waals surface area contributed by atoms with Gasteiger partial charge in [0.05, 0.1) is 12.7 Å². The Bertz CT molecular complexity index is 539. The SMILES string of the molecule is C[C@@H](CC/C=C/C=C/C(=O)NO)[C@@H](O)c1ccc(OCCO)cc1. The number of nitrogens with one attached hydrogen (secondary N) is 1. The van der Waals surface area contributed by atoms with Gasteiger partial charge < -0.3 is 14.9 Å². The molecule has 6 heteroatoms. The summed E-state index contributed by atoms with van der Waals surface area (Å²) in [6, 6.07) is 7.19. The summed E-state index contributed by atoms with van der Waals surface area (Å²) >= 11 is 0. The minimum Gasteiger partial charge on any atom is -0.491 e. The van der Waals surface area contributed by atoms with E-state index in [-0.39, 0.29) is 19.1 Å². The summed E-state index contributed by atoms with van der Waals surface area (Å²) in [4.78, 5) is 10.7. The predicted octanol–water partition coefficient (Wildman–Crippen LogP) is 2.13. The van der Waals surface area contributed by atoms with Crippen molar-refractivity contribution in [1.82, 2.24) is 5.48 Å². The number of hydrogen-bond acceptors (Lipinski definition) is 5. The monoisotopic (exact) mass is 335 g/mol. The molecule has 0 bridgehead atoms. The molecule has 0 aliphatic heterocycles. The Morgan fingerprint density at radius 2 is 2.00 bits per heavy atom. The molecule has 0 saturated carbocycles. The highest BCUT2D eigenvalue weighted by Crippen LogP contribution is 2.27. The third kappa shape index (κ3) is 7.41. The van der Waals surface area contributed by atoms with Crippen molar-refractivity contribution >= 4 is 5.91 Å². The van der Waals surface area contributed by atoms with Gasteiger partial charge in [0.2, 0.25) is 0 Å². The van der Waals surface area contributed by atoms with Crippen LogP contribution in [0.15, 0.2) is 48.6 Å². The van der Waals surface area contributed by atoms with Gasteiger partial charge in [0.25, 0.3) is 5.91 Å². The van der Waals surface area contributed by atoms with Crippen molar-refractivity contribution in [2.75, 3.05) is 13.2 Å². The number of ether oxygens (including phenoxy) is 1. The van der Waals surface area contributed by atoms with E-state index in [4.69, 9.17) is 15.1 Å². The average Bonchev–Trinajstić information content (AvgIpc) is 2.62. The quantitative estimate of drug-likeness (QED) is 0.227. The summed E-state index contributed by atoms with van der Waals surface area (Å²) in [5.41, 5.74) is 2.33. The van der Waals surface area contributed by atoms with Crippen LogP contribution >= 0.6 is 0 Å². The Kier molecular flexibility index (Phi) is 9.45. The number of carbonyl (C=O) groups excluding carboxylic acids is 1. The topological polar surface area (TPSA) is 99.0 Å². The maximum atomic E-state index is 10.7. The molecule has 1 aromatic rings. The minimum atomic E-state index is -0.574. The first-order valence-electron chi connectivity index (χ1n) is 7.87. The van der Waals surface area contributed by atoms with Gasteiger partial charge in [-0.15, -0.1) is 0 Å². The number of hydroxylamine groups is 1. The van der Waals surface area contributed by atoms with E-state index in [0.29, 0.717) is 5.75 Å². The van der Waals surface area contributed by atoms with Crippen molar-refractivity contribution in [3.8, 4) is 5.75 Å². The minimum absolute atomic E-state index is 0.0329. The van der Waals surface area contributed by atoms with E-state index in [1.165, 1.54) is 17.6 Å². The van der Waals surface area contributed by atoms with E-state index in [1.54, 1.807) is 18.2 Å². The van der Waals surface area contributed by atoms with Crippen LogP contribution in [0.5, 0.6) is 5.75 Å². The average molecular weight is 335 g/mol. The van der Waals surface area contributed by atoms with Gasteiger partial charge in [0.15, 0.2) is 0 Å². The molecule has 0 heterocycles. The molecule has 0 saturated heterocycles. The van der Waals surface area contributed by atoms with Gasteiger partial charge in [-0.3, -0.25) is 10.0 Å². The summed E-state index contributed by atoms with van der Waals surface area (Å²) in [5.74, 6) is 0.160. The van der Waals surface area contributed by atoms with Crippen LogP contribution in [0.4, 0.5) is 0 Å². The fourth-order valence-corrected chi connectivity index (χ4v) is 2.13. The molecule has 132 valence electrons. The fourth-order valence-electron chi connectivity index (χ4n) is 2.13. The van der Waals surface area contributed by atoms with Crippen LogP contribution in [0.2, 0.25) is 0 Å². The van der Waals surface area contributed by atoms with E-state index < -0.39 is 12.0 Å². The first-order valence-corrected chi connectivity index (χ1v) is 7.87. The lowest BCUT2D eigenvalue weighted by atomic mass is 9.93. The smallest absolute Gasteiger partial charge is 0.267 e. The highest BCUT2D eigenvalue weighted by Gasteiger charge is 2.15. The normalized spacial score (nSPS) is 14.0.